The van der Waals surface area contributed by atoms with Gasteiger partial charge in [-0.25, -0.2) is 4.79 Å². The monoisotopic (exact) mass is 509 g/mol. The molecular formula is C25H32ClNO6S. The predicted octanol–water partition coefficient (Wildman–Crippen LogP) is 5.79. The van der Waals surface area contributed by atoms with Crippen LogP contribution in [0.25, 0.3) is 0 Å². The Hall–Kier alpha value is -2.45. The molecule has 0 atom stereocenters. The second-order valence-corrected chi connectivity index (χ2v) is 11.2. The van der Waals surface area contributed by atoms with E-state index in [0.29, 0.717) is 38.1 Å². The van der Waals surface area contributed by atoms with Crippen LogP contribution in [0.4, 0.5) is 4.79 Å². The summed E-state index contributed by atoms with van der Waals surface area (Å²) in [5, 5.41) is 0.0860. The molecule has 0 bridgehead atoms. The Kier molecular flexibility index (Phi) is 8.03. The van der Waals surface area contributed by atoms with Crippen molar-refractivity contribution in [2.75, 3.05) is 20.2 Å². The minimum atomic E-state index is -4.17. The molecule has 1 fully saturated rings. The van der Waals surface area contributed by atoms with Crippen LogP contribution >= 0.6 is 11.6 Å². The number of amides is 1. The molecule has 7 nitrogen and oxygen atoms in total. The van der Waals surface area contributed by atoms with Crippen LogP contribution in [0.15, 0.2) is 41.3 Å². The smallest absolute Gasteiger partial charge is 0.410 e. The molecule has 3 rings (SSSR count). The molecule has 0 aliphatic carbocycles. The molecule has 2 aromatic carbocycles. The standard InChI is InChI=1S/C25H32ClNO6S/c1-6-17-15-19(18-11-13-27(14-12-18)24(28)32-25(2,3)4)23(31-5)21(16-17)33-34(29,30)22-10-8-7-9-20(22)26/h7-10,15-16,18H,6,11-14H2,1-5H3. The molecule has 0 radical (unpaired) electrons. The number of methoxy groups -OCH3 is 1. The van der Waals surface area contributed by atoms with Crippen molar-refractivity contribution >= 4 is 27.8 Å². The highest BCUT2D eigenvalue weighted by atomic mass is 35.5. The molecule has 1 amide bonds. The number of benzene rings is 2. The van der Waals surface area contributed by atoms with E-state index in [9.17, 15) is 13.2 Å². The van der Waals surface area contributed by atoms with Gasteiger partial charge in [0.2, 0.25) is 0 Å². The molecule has 34 heavy (non-hydrogen) atoms. The van der Waals surface area contributed by atoms with Crippen molar-refractivity contribution in [2.24, 2.45) is 0 Å². The summed E-state index contributed by atoms with van der Waals surface area (Å²) >= 11 is 6.11. The van der Waals surface area contributed by atoms with E-state index in [4.69, 9.17) is 25.3 Å². The second kappa shape index (κ2) is 10.4. The van der Waals surface area contributed by atoms with Crippen LogP contribution in [0.3, 0.4) is 0 Å². The maximum Gasteiger partial charge on any atom is 0.410 e. The first kappa shape index (κ1) is 26.2. The number of aryl methyl sites for hydroxylation is 1. The number of hydrogen-bond donors (Lipinski definition) is 0. The highest BCUT2D eigenvalue weighted by molar-refractivity contribution is 7.87. The lowest BCUT2D eigenvalue weighted by Gasteiger charge is -2.34. The average Bonchev–Trinajstić information content (AvgIpc) is 2.77. The molecular weight excluding hydrogens is 478 g/mol. The summed E-state index contributed by atoms with van der Waals surface area (Å²) < 4.78 is 42.7. The molecule has 1 saturated heterocycles. The van der Waals surface area contributed by atoms with Crippen molar-refractivity contribution in [1.82, 2.24) is 4.90 Å². The molecule has 1 aliphatic heterocycles. The molecule has 9 heteroatoms. The van der Waals surface area contributed by atoms with Crippen LogP contribution in [0.1, 0.15) is 57.6 Å². The summed E-state index contributed by atoms with van der Waals surface area (Å²) in [6, 6.07) is 9.86. The minimum absolute atomic E-state index is 0.0745. The SMILES string of the molecule is CCc1cc(OS(=O)(=O)c2ccccc2Cl)c(OC)c(C2CCN(C(=O)OC(C)(C)C)CC2)c1. The van der Waals surface area contributed by atoms with Crippen molar-refractivity contribution < 1.29 is 26.9 Å². The van der Waals surface area contributed by atoms with Gasteiger partial charge in [-0.1, -0.05) is 36.7 Å². The van der Waals surface area contributed by atoms with Gasteiger partial charge in [0, 0.05) is 18.7 Å². The number of carbonyl (C=O) groups excluding carboxylic acids is 1. The number of piperidine rings is 1. The van der Waals surface area contributed by atoms with E-state index in [2.05, 4.69) is 0 Å². The van der Waals surface area contributed by atoms with Gasteiger partial charge in [-0.15, -0.1) is 0 Å². The predicted molar refractivity (Wildman–Crippen MR) is 131 cm³/mol. The molecule has 2 aromatic rings. The molecule has 0 aromatic heterocycles. The maximum absolute atomic E-state index is 13.0. The van der Waals surface area contributed by atoms with Crippen molar-refractivity contribution in [2.45, 2.75) is 63.4 Å². The van der Waals surface area contributed by atoms with E-state index in [0.717, 1.165) is 11.1 Å². The van der Waals surface area contributed by atoms with Gasteiger partial charge in [-0.05, 0) is 69.7 Å². The van der Waals surface area contributed by atoms with E-state index >= 15 is 0 Å². The zero-order valence-corrected chi connectivity index (χ0v) is 21.8. The fourth-order valence-corrected chi connectivity index (χ4v) is 5.40. The Labute approximate surface area is 207 Å². The molecule has 0 N–H and O–H groups in total. The second-order valence-electron chi connectivity index (χ2n) is 9.28. The van der Waals surface area contributed by atoms with Crippen molar-refractivity contribution in [3.63, 3.8) is 0 Å². The minimum Gasteiger partial charge on any atom is -0.492 e. The van der Waals surface area contributed by atoms with Gasteiger partial charge in [0.25, 0.3) is 0 Å². The number of rotatable bonds is 6. The van der Waals surface area contributed by atoms with Crippen molar-refractivity contribution in [3.05, 3.63) is 52.5 Å². The number of carbonyl (C=O) groups is 1. The lowest BCUT2D eigenvalue weighted by atomic mass is 9.87. The Morgan fingerprint density at radius 2 is 1.79 bits per heavy atom. The highest BCUT2D eigenvalue weighted by Crippen LogP contribution is 2.42. The van der Waals surface area contributed by atoms with Gasteiger partial charge in [0.15, 0.2) is 11.5 Å². The Morgan fingerprint density at radius 3 is 2.35 bits per heavy atom. The van der Waals surface area contributed by atoms with Crippen LogP contribution in [0.2, 0.25) is 5.02 Å². The number of ether oxygens (including phenoxy) is 2. The van der Waals surface area contributed by atoms with E-state index in [1.54, 1.807) is 23.1 Å². The van der Waals surface area contributed by atoms with Crippen LogP contribution < -0.4 is 8.92 Å². The Bertz CT molecular complexity index is 1130. The van der Waals surface area contributed by atoms with E-state index in [1.165, 1.54) is 19.2 Å². The van der Waals surface area contributed by atoms with Crippen LogP contribution in [-0.2, 0) is 21.3 Å². The first-order chi connectivity index (χ1) is 15.9. The Morgan fingerprint density at radius 1 is 1.15 bits per heavy atom. The third kappa shape index (κ3) is 6.16. The third-order valence-corrected chi connectivity index (χ3v) is 7.38. The van der Waals surface area contributed by atoms with Crippen molar-refractivity contribution in [3.8, 4) is 11.5 Å². The third-order valence-electron chi connectivity index (χ3n) is 5.65. The molecule has 0 unspecified atom stereocenters. The fraction of sp³-hybridized carbons (Fsp3) is 0.480. The van der Waals surface area contributed by atoms with Gasteiger partial charge in [0.1, 0.15) is 10.5 Å². The first-order valence-corrected chi connectivity index (χ1v) is 13.1. The number of nitrogens with zero attached hydrogens (tertiary/aromatic N) is 1. The highest BCUT2D eigenvalue weighted by Gasteiger charge is 2.31. The molecule has 0 saturated carbocycles. The maximum atomic E-state index is 13.0. The zero-order chi connectivity index (χ0) is 25.1. The number of halogens is 1. The Balaban J connectivity index is 1.88. The van der Waals surface area contributed by atoms with Gasteiger partial charge in [0.05, 0.1) is 12.1 Å². The van der Waals surface area contributed by atoms with Crippen LogP contribution in [0, 0.1) is 0 Å². The molecule has 0 spiro atoms. The fourth-order valence-electron chi connectivity index (χ4n) is 3.98. The van der Waals surface area contributed by atoms with Gasteiger partial charge in [-0.3, -0.25) is 0 Å². The van der Waals surface area contributed by atoms with E-state index < -0.39 is 15.7 Å². The van der Waals surface area contributed by atoms with Gasteiger partial charge >= 0.3 is 16.2 Å². The summed E-state index contributed by atoms with van der Waals surface area (Å²) in [5.41, 5.74) is 1.25. The van der Waals surface area contributed by atoms with E-state index in [1.807, 2.05) is 33.8 Å². The average molecular weight is 510 g/mol. The van der Waals surface area contributed by atoms with Gasteiger partial charge < -0.3 is 18.6 Å². The van der Waals surface area contributed by atoms with Crippen molar-refractivity contribution in [1.29, 1.82) is 0 Å². The molecule has 1 aliphatic rings. The summed E-state index contributed by atoms with van der Waals surface area (Å²) in [7, 11) is -2.67. The topological polar surface area (TPSA) is 82.1 Å². The molecule has 186 valence electrons. The lowest BCUT2D eigenvalue weighted by molar-refractivity contribution is 0.0204. The number of likely N-dealkylation sites (tertiary alicyclic amines) is 1. The molecule has 1 heterocycles. The quantitative estimate of drug-likeness (QED) is 0.458. The first-order valence-electron chi connectivity index (χ1n) is 11.3. The summed E-state index contributed by atoms with van der Waals surface area (Å²) in [6.07, 6.45) is 1.75. The van der Waals surface area contributed by atoms with Gasteiger partial charge in [-0.2, -0.15) is 8.42 Å². The normalized spacial score (nSPS) is 15.2. The van der Waals surface area contributed by atoms with E-state index in [-0.39, 0.29) is 27.7 Å². The largest absolute Gasteiger partial charge is 0.492 e. The van der Waals surface area contributed by atoms with Crippen LogP contribution in [0.5, 0.6) is 11.5 Å². The summed E-state index contributed by atoms with van der Waals surface area (Å²) in [4.78, 5) is 14.0. The zero-order valence-electron chi connectivity index (χ0n) is 20.3. The summed E-state index contributed by atoms with van der Waals surface area (Å²) in [6.45, 7) is 8.59. The number of hydrogen-bond acceptors (Lipinski definition) is 6. The van der Waals surface area contributed by atoms with Crippen LogP contribution in [-0.4, -0.2) is 45.2 Å². The summed E-state index contributed by atoms with van der Waals surface area (Å²) in [5.74, 6) is 0.584. The lowest BCUT2D eigenvalue weighted by Crippen LogP contribution is -2.41.